The fraction of sp³-hybridized carbons (Fsp3) is 0.0556. The van der Waals surface area contributed by atoms with Crippen LogP contribution in [0.2, 0.25) is 5.02 Å². The van der Waals surface area contributed by atoms with Crippen molar-refractivity contribution in [1.29, 1.82) is 0 Å². The molecule has 2 aromatic carbocycles. The number of fused-ring (bicyclic) bond motifs is 1. The molecule has 3 aromatic rings. The van der Waals surface area contributed by atoms with E-state index >= 15 is 0 Å². The third kappa shape index (κ3) is 3.40. The lowest BCUT2D eigenvalue weighted by Gasteiger charge is -2.18. The zero-order valence-electron chi connectivity index (χ0n) is 13.3. The zero-order valence-corrected chi connectivity index (χ0v) is 14.9. The first-order valence-corrected chi connectivity index (χ1v) is 8.94. The lowest BCUT2D eigenvalue weighted by atomic mass is 10.1. The molecule has 0 saturated carbocycles. The first-order valence-electron chi connectivity index (χ1n) is 7.68. The van der Waals surface area contributed by atoms with Crippen molar-refractivity contribution < 1.29 is 14.3 Å². The Hall–Kier alpha value is -2.90. The summed E-state index contributed by atoms with van der Waals surface area (Å²) in [4.78, 5) is 28.2. The first-order chi connectivity index (χ1) is 12.6. The quantitative estimate of drug-likeness (QED) is 0.712. The molecule has 1 aliphatic heterocycles. The lowest BCUT2D eigenvalue weighted by molar-refractivity contribution is -0.118. The number of hydrogen-bond donors (Lipinski definition) is 2. The van der Waals surface area contributed by atoms with E-state index in [2.05, 4.69) is 15.6 Å². The fourth-order valence-electron chi connectivity index (χ4n) is 2.47. The molecule has 1 aromatic heterocycles. The summed E-state index contributed by atoms with van der Waals surface area (Å²) >= 11 is 7.23. The van der Waals surface area contributed by atoms with Crippen LogP contribution in [0.5, 0.6) is 5.75 Å². The summed E-state index contributed by atoms with van der Waals surface area (Å²) in [5.74, 6) is -0.0456. The summed E-state index contributed by atoms with van der Waals surface area (Å²) in [6.07, 6.45) is 0. The Morgan fingerprint density at radius 1 is 1.23 bits per heavy atom. The van der Waals surface area contributed by atoms with E-state index in [0.717, 1.165) is 11.3 Å². The zero-order chi connectivity index (χ0) is 18.1. The molecule has 4 rings (SSSR count). The van der Waals surface area contributed by atoms with Crippen LogP contribution in [0.3, 0.4) is 0 Å². The van der Waals surface area contributed by atoms with Crippen molar-refractivity contribution in [2.75, 3.05) is 17.2 Å². The van der Waals surface area contributed by atoms with Crippen molar-refractivity contribution in [3.63, 3.8) is 0 Å². The number of halogens is 1. The third-order valence-corrected chi connectivity index (χ3v) is 4.75. The van der Waals surface area contributed by atoms with Gasteiger partial charge in [0.25, 0.3) is 11.8 Å². The Balaban J connectivity index is 1.50. The van der Waals surface area contributed by atoms with Gasteiger partial charge >= 0.3 is 0 Å². The van der Waals surface area contributed by atoms with Crippen LogP contribution in [0.15, 0.2) is 47.8 Å². The minimum Gasteiger partial charge on any atom is -0.482 e. The molecule has 2 heterocycles. The van der Waals surface area contributed by atoms with Crippen molar-refractivity contribution in [3.05, 3.63) is 58.4 Å². The minimum atomic E-state index is -0.301. The molecule has 0 unspecified atom stereocenters. The number of nitrogens with one attached hydrogen (secondary N) is 2. The molecule has 0 atom stereocenters. The molecule has 0 radical (unpaired) electrons. The van der Waals surface area contributed by atoms with Crippen LogP contribution >= 0.6 is 22.9 Å². The van der Waals surface area contributed by atoms with Crippen molar-refractivity contribution in [3.8, 4) is 17.0 Å². The van der Waals surface area contributed by atoms with Crippen molar-refractivity contribution in [1.82, 2.24) is 4.98 Å². The molecule has 0 fully saturated rings. The van der Waals surface area contributed by atoms with Crippen LogP contribution in [-0.2, 0) is 4.79 Å². The number of rotatable bonds is 3. The van der Waals surface area contributed by atoms with Crippen molar-refractivity contribution in [2.45, 2.75) is 0 Å². The summed E-state index contributed by atoms with van der Waals surface area (Å²) in [5, 5.41) is 8.47. The maximum Gasteiger partial charge on any atom is 0.262 e. The molecule has 6 nitrogen and oxygen atoms in total. The summed E-state index contributed by atoms with van der Waals surface area (Å²) in [6.45, 7) is -0.0605. The highest BCUT2D eigenvalue weighted by Gasteiger charge is 2.18. The van der Waals surface area contributed by atoms with Gasteiger partial charge in [0.05, 0.1) is 11.4 Å². The normalized spacial score (nSPS) is 12.7. The summed E-state index contributed by atoms with van der Waals surface area (Å²) in [6, 6.07) is 12.2. The number of ether oxygens (including phenoxy) is 1. The monoisotopic (exact) mass is 385 g/mol. The second kappa shape index (κ2) is 6.78. The molecule has 0 bridgehead atoms. The Bertz CT molecular complexity index is 1000. The van der Waals surface area contributed by atoms with Crippen molar-refractivity contribution in [2.24, 2.45) is 0 Å². The number of amides is 2. The number of nitrogens with zero attached hydrogens (tertiary/aromatic N) is 1. The van der Waals surface area contributed by atoms with Gasteiger partial charge < -0.3 is 10.1 Å². The van der Waals surface area contributed by atoms with Gasteiger partial charge in [-0.25, -0.2) is 4.98 Å². The Kier molecular flexibility index (Phi) is 4.32. The van der Waals surface area contributed by atoms with Crippen LogP contribution in [0.4, 0.5) is 10.8 Å². The molecule has 0 aliphatic carbocycles. The van der Waals surface area contributed by atoms with E-state index in [1.54, 1.807) is 30.3 Å². The van der Waals surface area contributed by atoms with Gasteiger partial charge in [-0.3, -0.25) is 14.9 Å². The number of benzene rings is 2. The Morgan fingerprint density at radius 3 is 2.85 bits per heavy atom. The van der Waals surface area contributed by atoms with E-state index < -0.39 is 0 Å². The highest BCUT2D eigenvalue weighted by molar-refractivity contribution is 7.14. The highest BCUT2D eigenvalue weighted by Crippen LogP contribution is 2.30. The van der Waals surface area contributed by atoms with Gasteiger partial charge in [-0.05, 0) is 30.3 Å². The van der Waals surface area contributed by atoms with Gasteiger partial charge in [0.2, 0.25) is 0 Å². The molecule has 0 spiro atoms. The van der Waals surface area contributed by atoms with E-state index in [-0.39, 0.29) is 18.4 Å². The van der Waals surface area contributed by atoms with Gasteiger partial charge in [0.1, 0.15) is 5.75 Å². The van der Waals surface area contributed by atoms with E-state index in [9.17, 15) is 9.59 Å². The smallest absolute Gasteiger partial charge is 0.262 e. The first kappa shape index (κ1) is 16.6. The average Bonchev–Trinajstić information content (AvgIpc) is 3.10. The van der Waals surface area contributed by atoms with Crippen LogP contribution in [0, 0.1) is 0 Å². The maximum atomic E-state index is 12.4. The van der Waals surface area contributed by atoms with E-state index in [4.69, 9.17) is 16.3 Å². The van der Waals surface area contributed by atoms with Crippen molar-refractivity contribution >= 4 is 45.6 Å². The Morgan fingerprint density at radius 2 is 2.04 bits per heavy atom. The number of anilines is 2. The molecule has 0 saturated heterocycles. The van der Waals surface area contributed by atoms with Gasteiger partial charge in [0, 0.05) is 21.5 Å². The maximum absolute atomic E-state index is 12.4. The van der Waals surface area contributed by atoms with E-state index in [1.165, 1.54) is 11.3 Å². The highest BCUT2D eigenvalue weighted by atomic mass is 35.5. The predicted octanol–water partition coefficient (Wildman–Crippen LogP) is 4.05. The van der Waals surface area contributed by atoms with Crippen LogP contribution in [0.25, 0.3) is 11.3 Å². The average molecular weight is 386 g/mol. The molecule has 2 amide bonds. The van der Waals surface area contributed by atoms with Gasteiger partial charge in [-0.15, -0.1) is 11.3 Å². The number of hydrogen-bond acceptors (Lipinski definition) is 5. The van der Waals surface area contributed by atoms with Crippen LogP contribution < -0.4 is 15.4 Å². The summed E-state index contributed by atoms with van der Waals surface area (Å²) < 4.78 is 5.33. The molecule has 8 heteroatoms. The molecule has 1 aliphatic rings. The second-order valence-corrected chi connectivity index (χ2v) is 6.84. The standard InChI is InChI=1S/C18H12ClN3O3S/c19-12-4-1-10(2-5-12)14-9-26-18(21-14)22-17(24)11-3-6-13-15(7-11)25-8-16(23)20-13/h1-7,9H,8H2,(H,20,23)(H,21,22,24). The van der Waals surface area contributed by atoms with E-state index in [0.29, 0.717) is 27.2 Å². The fourth-order valence-corrected chi connectivity index (χ4v) is 3.31. The number of carbonyl (C=O) groups is 2. The SMILES string of the molecule is O=C1COc2cc(C(=O)Nc3nc(-c4ccc(Cl)cc4)cs3)ccc2N1. The minimum absolute atomic E-state index is 0.0605. The topological polar surface area (TPSA) is 80.3 Å². The molecular formula is C18H12ClN3O3S. The Labute approximate surface area is 157 Å². The summed E-state index contributed by atoms with van der Waals surface area (Å²) in [7, 11) is 0. The predicted molar refractivity (Wildman–Crippen MR) is 101 cm³/mol. The van der Waals surface area contributed by atoms with Gasteiger partial charge in [-0.1, -0.05) is 23.7 Å². The van der Waals surface area contributed by atoms with Crippen LogP contribution in [0.1, 0.15) is 10.4 Å². The number of thiazole rings is 1. The second-order valence-electron chi connectivity index (χ2n) is 5.55. The molecule has 26 heavy (non-hydrogen) atoms. The summed E-state index contributed by atoms with van der Waals surface area (Å²) in [5.41, 5.74) is 2.66. The largest absolute Gasteiger partial charge is 0.482 e. The van der Waals surface area contributed by atoms with Crippen LogP contribution in [-0.4, -0.2) is 23.4 Å². The number of carbonyl (C=O) groups excluding carboxylic acids is 2. The van der Waals surface area contributed by atoms with Gasteiger partial charge in [-0.2, -0.15) is 0 Å². The number of aromatic nitrogens is 1. The molecular weight excluding hydrogens is 374 g/mol. The molecule has 2 N–H and O–H groups in total. The third-order valence-electron chi connectivity index (χ3n) is 3.74. The van der Waals surface area contributed by atoms with E-state index in [1.807, 2.05) is 17.5 Å². The van der Waals surface area contributed by atoms with Gasteiger partial charge in [0.15, 0.2) is 11.7 Å². The molecule has 130 valence electrons. The lowest BCUT2D eigenvalue weighted by Crippen LogP contribution is -2.25.